The number of halogens is 1. The van der Waals surface area contributed by atoms with Gasteiger partial charge >= 0.3 is 0 Å². The lowest BCUT2D eigenvalue weighted by atomic mass is 10.0. The summed E-state index contributed by atoms with van der Waals surface area (Å²) in [5, 5.41) is 3.37. The van der Waals surface area contributed by atoms with E-state index in [-0.39, 0.29) is 35.2 Å². The van der Waals surface area contributed by atoms with Crippen molar-refractivity contribution in [1.29, 1.82) is 0 Å². The second kappa shape index (κ2) is 15.8. The van der Waals surface area contributed by atoms with Crippen LogP contribution >= 0.6 is 11.6 Å². The van der Waals surface area contributed by atoms with Crippen molar-refractivity contribution in [3.8, 4) is 5.75 Å². The van der Waals surface area contributed by atoms with Crippen LogP contribution in [0.4, 0.5) is 5.69 Å². The number of hydrogen-bond acceptors (Lipinski definition) is 5. The van der Waals surface area contributed by atoms with E-state index in [0.717, 1.165) is 21.0 Å². The van der Waals surface area contributed by atoms with E-state index in [1.807, 2.05) is 51.1 Å². The van der Waals surface area contributed by atoms with Gasteiger partial charge in [0.25, 0.3) is 10.0 Å². The van der Waals surface area contributed by atoms with E-state index in [9.17, 15) is 18.0 Å². The molecule has 0 saturated heterocycles. The number of hydrogen-bond donors (Lipinski definition) is 1. The van der Waals surface area contributed by atoms with Gasteiger partial charge in [0.15, 0.2) is 0 Å². The van der Waals surface area contributed by atoms with Crippen LogP contribution in [0.2, 0.25) is 5.02 Å². The van der Waals surface area contributed by atoms with Crippen molar-refractivity contribution >= 4 is 39.1 Å². The molecule has 242 valence electrons. The molecule has 0 aliphatic heterocycles. The molecule has 4 aromatic rings. The number of carbonyl (C=O) groups excluding carboxylic acids is 2. The summed E-state index contributed by atoms with van der Waals surface area (Å²) in [7, 11) is -2.82. The minimum Gasteiger partial charge on any atom is -0.495 e. The van der Waals surface area contributed by atoms with Crippen molar-refractivity contribution in [3.05, 3.63) is 124 Å². The van der Waals surface area contributed by atoms with Crippen LogP contribution in [0.1, 0.15) is 35.6 Å². The topological polar surface area (TPSA) is 96.0 Å². The number of anilines is 1. The molecule has 0 radical (unpaired) electrons. The summed E-state index contributed by atoms with van der Waals surface area (Å²) in [4.78, 5) is 29.9. The number of nitrogens with zero attached hydrogens (tertiary/aromatic N) is 2. The van der Waals surface area contributed by atoms with Crippen LogP contribution in [0.25, 0.3) is 0 Å². The Bertz CT molecular complexity index is 1750. The van der Waals surface area contributed by atoms with Gasteiger partial charge < -0.3 is 15.0 Å². The summed E-state index contributed by atoms with van der Waals surface area (Å²) in [5.41, 5.74) is 3.35. The highest BCUT2D eigenvalue weighted by molar-refractivity contribution is 7.92. The fraction of sp³-hybridized carbons (Fsp3) is 0.278. The van der Waals surface area contributed by atoms with Gasteiger partial charge in [0.1, 0.15) is 18.3 Å². The zero-order valence-electron chi connectivity index (χ0n) is 26.6. The van der Waals surface area contributed by atoms with Gasteiger partial charge in [-0.2, -0.15) is 0 Å². The van der Waals surface area contributed by atoms with Crippen LogP contribution < -0.4 is 14.4 Å². The van der Waals surface area contributed by atoms with Crippen molar-refractivity contribution in [2.45, 2.75) is 51.1 Å². The Morgan fingerprint density at radius 3 is 2.20 bits per heavy atom. The van der Waals surface area contributed by atoms with E-state index in [0.29, 0.717) is 23.6 Å². The molecule has 2 amide bonds. The van der Waals surface area contributed by atoms with E-state index in [1.54, 1.807) is 54.6 Å². The third kappa shape index (κ3) is 8.47. The second-order valence-corrected chi connectivity index (χ2v) is 13.4. The summed E-state index contributed by atoms with van der Waals surface area (Å²) in [6, 6.07) is 27.1. The van der Waals surface area contributed by atoms with E-state index in [2.05, 4.69) is 5.32 Å². The Morgan fingerprint density at radius 1 is 0.891 bits per heavy atom. The van der Waals surface area contributed by atoms with Gasteiger partial charge in [-0.1, -0.05) is 90.8 Å². The van der Waals surface area contributed by atoms with Gasteiger partial charge in [0.05, 0.1) is 17.7 Å². The first kappa shape index (κ1) is 34.5. The van der Waals surface area contributed by atoms with Gasteiger partial charge in [-0.05, 0) is 67.3 Å². The maximum absolute atomic E-state index is 14.6. The molecule has 0 spiro atoms. The van der Waals surface area contributed by atoms with Crippen molar-refractivity contribution in [2.75, 3.05) is 24.5 Å². The quantitative estimate of drug-likeness (QED) is 0.171. The molecule has 10 heteroatoms. The third-order valence-corrected chi connectivity index (χ3v) is 9.75. The van der Waals surface area contributed by atoms with Crippen LogP contribution in [0, 0.1) is 13.8 Å². The fourth-order valence-corrected chi connectivity index (χ4v) is 6.69. The Kier molecular flexibility index (Phi) is 11.8. The minimum absolute atomic E-state index is 0.0150. The standard InChI is InChI=1S/C36H40ClN3O5S/c1-5-21-38-36(42)33(23-28-11-7-6-8-12-28)39(24-29-13-9-10-14-31(29)37)35(41)25-40(32-22-27(3)17-20-34(32)45-4)46(43,44)30-18-15-26(2)16-19-30/h6-20,22,33H,5,21,23-25H2,1-4H3,(H,38,42)/t33-/m0/s1. The predicted molar refractivity (Wildman–Crippen MR) is 183 cm³/mol. The van der Waals surface area contributed by atoms with E-state index >= 15 is 0 Å². The van der Waals surface area contributed by atoms with E-state index in [1.165, 1.54) is 24.1 Å². The third-order valence-electron chi connectivity index (χ3n) is 7.61. The van der Waals surface area contributed by atoms with Crippen LogP contribution in [-0.2, 0) is 32.6 Å². The van der Waals surface area contributed by atoms with Gasteiger partial charge in [0.2, 0.25) is 11.8 Å². The molecule has 0 unspecified atom stereocenters. The zero-order valence-corrected chi connectivity index (χ0v) is 28.1. The molecule has 0 saturated carbocycles. The zero-order chi connectivity index (χ0) is 33.3. The predicted octanol–water partition coefficient (Wildman–Crippen LogP) is 6.33. The lowest BCUT2D eigenvalue weighted by Gasteiger charge is -2.34. The highest BCUT2D eigenvalue weighted by Crippen LogP contribution is 2.34. The summed E-state index contributed by atoms with van der Waals surface area (Å²) in [6.45, 7) is 5.46. The first-order valence-electron chi connectivity index (χ1n) is 15.1. The number of rotatable bonds is 14. The van der Waals surface area contributed by atoms with Crippen molar-refractivity contribution < 1.29 is 22.7 Å². The molecule has 0 heterocycles. The lowest BCUT2D eigenvalue weighted by Crippen LogP contribution is -2.53. The van der Waals surface area contributed by atoms with Crippen LogP contribution in [0.15, 0.2) is 102 Å². The number of nitrogens with one attached hydrogen (secondary N) is 1. The monoisotopic (exact) mass is 661 g/mol. The minimum atomic E-state index is -4.27. The van der Waals surface area contributed by atoms with E-state index < -0.39 is 28.5 Å². The number of aryl methyl sites for hydroxylation is 2. The molecule has 4 aromatic carbocycles. The molecular formula is C36H40ClN3O5S. The van der Waals surface area contributed by atoms with Crippen molar-refractivity contribution in [2.24, 2.45) is 0 Å². The number of benzene rings is 4. The molecule has 0 aliphatic carbocycles. The number of ether oxygens (including phenoxy) is 1. The molecule has 8 nitrogen and oxygen atoms in total. The summed E-state index contributed by atoms with van der Waals surface area (Å²) < 4.78 is 35.3. The molecule has 1 N–H and O–H groups in total. The smallest absolute Gasteiger partial charge is 0.264 e. The largest absolute Gasteiger partial charge is 0.495 e. The van der Waals surface area contributed by atoms with Gasteiger partial charge in [-0.25, -0.2) is 8.42 Å². The van der Waals surface area contributed by atoms with Crippen LogP contribution in [0.3, 0.4) is 0 Å². The van der Waals surface area contributed by atoms with Crippen molar-refractivity contribution in [1.82, 2.24) is 10.2 Å². The lowest BCUT2D eigenvalue weighted by molar-refractivity contribution is -0.140. The molecule has 46 heavy (non-hydrogen) atoms. The molecule has 0 aromatic heterocycles. The highest BCUT2D eigenvalue weighted by Gasteiger charge is 2.35. The summed E-state index contributed by atoms with van der Waals surface area (Å²) >= 11 is 6.56. The number of carbonyl (C=O) groups is 2. The maximum Gasteiger partial charge on any atom is 0.264 e. The Hall–Kier alpha value is -4.34. The Balaban J connectivity index is 1.85. The summed E-state index contributed by atoms with van der Waals surface area (Å²) in [5.74, 6) is -0.632. The number of amides is 2. The Labute approximate surface area is 277 Å². The normalized spacial score (nSPS) is 11.8. The van der Waals surface area contributed by atoms with Crippen molar-refractivity contribution in [3.63, 3.8) is 0 Å². The van der Waals surface area contributed by atoms with Crippen LogP contribution in [0.5, 0.6) is 5.75 Å². The first-order chi connectivity index (χ1) is 22.0. The molecule has 0 aliphatic rings. The Morgan fingerprint density at radius 2 is 1.54 bits per heavy atom. The SMILES string of the molecule is CCCNC(=O)[C@H](Cc1ccccc1)N(Cc1ccccc1Cl)C(=O)CN(c1cc(C)ccc1OC)S(=O)(=O)c1ccc(C)cc1. The van der Waals surface area contributed by atoms with Gasteiger partial charge in [-0.3, -0.25) is 13.9 Å². The molecule has 0 fully saturated rings. The van der Waals surface area contributed by atoms with Gasteiger partial charge in [-0.15, -0.1) is 0 Å². The van der Waals surface area contributed by atoms with E-state index in [4.69, 9.17) is 16.3 Å². The first-order valence-corrected chi connectivity index (χ1v) is 17.0. The molecule has 4 rings (SSSR count). The molecular weight excluding hydrogens is 622 g/mol. The number of sulfonamides is 1. The average Bonchev–Trinajstić information content (AvgIpc) is 3.05. The fourth-order valence-electron chi connectivity index (χ4n) is 5.08. The summed E-state index contributed by atoms with van der Waals surface area (Å²) in [6.07, 6.45) is 0.920. The second-order valence-electron chi connectivity index (χ2n) is 11.1. The average molecular weight is 662 g/mol. The number of methoxy groups -OCH3 is 1. The maximum atomic E-state index is 14.6. The molecule has 0 bridgehead atoms. The van der Waals surface area contributed by atoms with Crippen LogP contribution in [-0.4, -0.2) is 51.4 Å². The van der Waals surface area contributed by atoms with Gasteiger partial charge in [0, 0.05) is 24.5 Å². The highest BCUT2D eigenvalue weighted by atomic mass is 35.5. The molecule has 1 atom stereocenters.